The molecule has 0 unspecified atom stereocenters. The molecule has 1 aromatic rings. The molecule has 0 radical (unpaired) electrons. The Morgan fingerprint density at radius 2 is 1.54 bits per heavy atom. The Bertz CT molecular complexity index is 1580. The maximum atomic E-state index is 14.4. The Hall–Kier alpha value is -2.28. The number of aliphatic hydroxyl groups excluding tert-OH is 3. The van der Waals surface area contributed by atoms with Gasteiger partial charge in [-0.3, -0.25) is 4.79 Å². The Morgan fingerprint density at radius 3 is 2.16 bits per heavy atom. The number of carbonyl (C=O) groups is 1. The van der Waals surface area contributed by atoms with Crippen molar-refractivity contribution in [2.45, 2.75) is 205 Å². The topological polar surface area (TPSA) is 198 Å². The number of nitrogens with zero attached hydrogens (tertiary/aromatic N) is 2. The standard InChI is InChI=1S/C48H82N2O13/c1-14-36-48(10,56)41(52)30(4)38(49-58-24-20-16-19-23-34-21-17-15-18-22-34)28(2)26-46(8,55)43(63-45-39(51)35(50(11)12)25-29(3)59-45)31(5)40(32(6)44(54)61-36)62-37-27-47(9,57-13)42(53)33(7)60-37/h15,17-18,21-22,28-33,35-37,39-43,45,51-53,55-56H,14,16,19-20,23-27H2,1-13H3/b49-38-/t28-,29-,30+,31+,32-,33+,35+,36-,37+,39-,40+,41-,42+,43-,45+,46+,47-,48-/m1/s1. The number of cyclic esters (lactones) is 1. The molecule has 3 fully saturated rings. The first-order valence-corrected chi connectivity index (χ1v) is 23.2. The van der Waals surface area contributed by atoms with E-state index in [1.54, 1.807) is 48.5 Å². The summed E-state index contributed by atoms with van der Waals surface area (Å²) in [7, 11) is 5.26. The van der Waals surface area contributed by atoms with Gasteiger partial charge in [-0.1, -0.05) is 63.2 Å². The number of hydrogen-bond donors (Lipinski definition) is 5. The van der Waals surface area contributed by atoms with Crippen molar-refractivity contribution >= 4 is 11.7 Å². The van der Waals surface area contributed by atoms with E-state index in [9.17, 15) is 30.3 Å². The van der Waals surface area contributed by atoms with Crippen molar-refractivity contribution in [1.29, 1.82) is 0 Å². The van der Waals surface area contributed by atoms with Crippen LogP contribution in [-0.2, 0) is 44.5 Å². The maximum absolute atomic E-state index is 14.4. The summed E-state index contributed by atoms with van der Waals surface area (Å²) < 4.78 is 37.9. The quantitative estimate of drug-likeness (QED) is 0.0950. The third-order valence-electron chi connectivity index (χ3n) is 14.1. The zero-order valence-electron chi connectivity index (χ0n) is 40.3. The molecule has 63 heavy (non-hydrogen) atoms. The van der Waals surface area contributed by atoms with Crippen molar-refractivity contribution in [1.82, 2.24) is 4.90 Å². The van der Waals surface area contributed by atoms with E-state index in [-0.39, 0.29) is 31.4 Å². The van der Waals surface area contributed by atoms with Crippen LogP contribution < -0.4 is 0 Å². The van der Waals surface area contributed by atoms with Crippen molar-refractivity contribution in [3.8, 4) is 0 Å². The molecule has 1 aromatic carbocycles. The molecule has 0 saturated carbocycles. The first-order valence-electron chi connectivity index (χ1n) is 23.2. The molecule has 15 heteroatoms. The minimum absolute atomic E-state index is 0.0175. The molecule has 5 N–H and O–H groups in total. The molecule has 0 amide bonds. The Balaban J connectivity index is 1.77. The monoisotopic (exact) mass is 895 g/mol. The number of esters is 1. The molecule has 3 saturated heterocycles. The predicted molar refractivity (Wildman–Crippen MR) is 239 cm³/mol. The van der Waals surface area contributed by atoms with Crippen LogP contribution in [-0.4, -0.2) is 154 Å². The number of rotatable bonds is 14. The van der Waals surface area contributed by atoms with E-state index < -0.39 is 102 Å². The van der Waals surface area contributed by atoms with Gasteiger partial charge in [-0.05, 0) is 106 Å². The molecule has 3 heterocycles. The number of unbranched alkanes of at least 4 members (excludes halogenated alkanes) is 2. The summed E-state index contributed by atoms with van der Waals surface area (Å²) in [5, 5.41) is 64.3. The van der Waals surface area contributed by atoms with Crippen molar-refractivity contribution in [3.63, 3.8) is 0 Å². The van der Waals surface area contributed by atoms with Gasteiger partial charge in [-0.2, -0.15) is 0 Å². The summed E-state index contributed by atoms with van der Waals surface area (Å²) in [6, 6.07) is 9.98. The lowest BCUT2D eigenvalue weighted by molar-refractivity contribution is -0.317. The van der Waals surface area contributed by atoms with Crippen molar-refractivity contribution in [2.24, 2.45) is 28.8 Å². The summed E-state index contributed by atoms with van der Waals surface area (Å²) in [6.45, 7) is 17.6. The molecular weight excluding hydrogens is 813 g/mol. The van der Waals surface area contributed by atoms with Gasteiger partial charge in [0.1, 0.15) is 30.5 Å². The number of aryl methyl sites for hydroxylation is 1. The van der Waals surface area contributed by atoms with E-state index in [0.29, 0.717) is 18.7 Å². The third-order valence-corrected chi connectivity index (χ3v) is 14.1. The number of ether oxygens (including phenoxy) is 6. The minimum atomic E-state index is -1.94. The second kappa shape index (κ2) is 23.0. The van der Waals surface area contributed by atoms with Crippen LogP contribution in [0.3, 0.4) is 0 Å². The molecule has 3 aliphatic rings. The highest BCUT2D eigenvalue weighted by atomic mass is 16.7. The highest BCUT2D eigenvalue weighted by Gasteiger charge is 2.53. The van der Waals surface area contributed by atoms with Gasteiger partial charge < -0.3 is 63.7 Å². The van der Waals surface area contributed by atoms with Crippen LogP contribution in [0.25, 0.3) is 0 Å². The highest BCUT2D eigenvalue weighted by Crippen LogP contribution is 2.41. The molecule has 0 aromatic heterocycles. The van der Waals surface area contributed by atoms with Crippen LogP contribution in [0.2, 0.25) is 0 Å². The zero-order chi connectivity index (χ0) is 47.0. The first kappa shape index (κ1) is 53.3. The van der Waals surface area contributed by atoms with Gasteiger partial charge in [-0.25, -0.2) is 0 Å². The fourth-order valence-electron chi connectivity index (χ4n) is 10.0. The van der Waals surface area contributed by atoms with Gasteiger partial charge in [0.15, 0.2) is 12.6 Å². The van der Waals surface area contributed by atoms with E-state index in [2.05, 4.69) is 17.3 Å². The van der Waals surface area contributed by atoms with E-state index in [4.69, 9.17) is 33.3 Å². The van der Waals surface area contributed by atoms with Crippen molar-refractivity contribution < 1.29 is 63.6 Å². The summed E-state index contributed by atoms with van der Waals surface area (Å²) >= 11 is 0. The van der Waals surface area contributed by atoms with Crippen LogP contribution in [0.5, 0.6) is 0 Å². The molecule has 18 atom stereocenters. The van der Waals surface area contributed by atoms with Crippen LogP contribution in [0.15, 0.2) is 35.5 Å². The van der Waals surface area contributed by atoms with Gasteiger partial charge in [-0.15, -0.1) is 0 Å². The SMILES string of the molecule is CC[C@H]1OC(=O)[C@H](C)[C@@H](O[C@H]2C[C@@](C)(OC)[C@@H](O)[C@H](C)O2)[C@H](C)[C@@H](O[C@@H]2O[C@H](C)C[C@H](N(C)C)[C@H]2O)[C@@](C)(O)C[C@@H](C)/C(=N/OCCCCCc2ccccc2)[C@H](C)[C@@H](O)[C@]1(C)O. The largest absolute Gasteiger partial charge is 0.459 e. The number of benzene rings is 1. The predicted octanol–water partition coefficient (Wildman–Crippen LogP) is 5.00. The minimum Gasteiger partial charge on any atom is -0.459 e. The summed E-state index contributed by atoms with van der Waals surface area (Å²) in [5.74, 6) is -3.97. The van der Waals surface area contributed by atoms with Crippen LogP contribution in [0.4, 0.5) is 0 Å². The number of carbonyl (C=O) groups excluding carboxylic acids is 1. The van der Waals surface area contributed by atoms with E-state index in [1.807, 2.05) is 51.0 Å². The Kier molecular flexibility index (Phi) is 19.4. The Morgan fingerprint density at radius 1 is 0.873 bits per heavy atom. The second-order valence-corrected chi connectivity index (χ2v) is 19.7. The van der Waals surface area contributed by atoms with Crippen molar-refractivity contribution in [2.75, 3.05) is 27.8 Å². The second-order valence-electron chi connectivity index (χ2n) is 19.7. The number of aliphatic hydroxyl groups is 5. The summed E-state index contributed by atoms with van der Waals surface area (Å²) in [5.41, 5.74) is -3.05. The lowest BCUT2D eigenvalue weighted by atomic mass is 9.73. The third kappa shape index (κ3) is 13.2. The van der Waals surface area contributed by atoms with Crippen LogP contribution in [0.1, 0.15) is 120 Å². The smallest absolute Gasteiger partial charge is 0.311 e. The molecule has 362 valence electrons. The number of oxime groups is 1. The number of likely N-dealkylation sites (N-methyl/N-ethyl adjacent to an activating group) is 1. The molecule has 0 bridgehead atoms. The van der Waals surface area contributed by atoms with E-state index in [0.717, 1.165) is 25.7 Å². The van der Waals surface area contributed by atoms with Gasteiger partial charge in [0.25, 0.3) is 0 Å². The van der Waals surface area contributed by atoms with Gasteiger partial charge in [0, 0.05) is 37.3 Å². The molecule has 3 aliphatic heterocycles. The first-order chi connectivity index (χ1) is 29.5. The normalized spacial score (nSPS) is 43.1. The number of methoxy groups -OCH3 is 1. The Labute approximate surface area is 376 Å². The van der Waals surface area contributed by atoms with Crippen molar-refractivity contribution in [3.05, 3.63) is 35.9 Å². The van der Waals surface area contributed by atoms with E-state index in [1.165, 1.54) is 19.6 Å². The fraction of sp³-hybridized carbons (Fsp3) is 0.833. The molecule has 0 aliphatic carbocycles. The van der Waals surface area contributed by atoms with Gasteiger partial charge in [0.2, 0.25) is 0 Å². The summed E-state index contributed by atoms with van der Waals surface area (Å²) in [4.78, 5) is 22.3. The van der Waals surface area contributed by atoms with Crippen LogP contribution >= 0.6 is 0 Å². The average molecular weight is 895 g/mol. The fourth-order valence-corrected chi connectivity index (χ4v) is 10.0. The van der Waals surface area contributed by atoms with Gasteiger partial charge in [0.05, 0.1) is 53.4 Å². The zero-order valence-corrected chi connectivity index (χ0v) is 40.3. The molecule has 4 rings (SSSR count). The van der Waals surface area contributed by atoms with E-state index >= 15 is 0 Å². The summed E-state index contributed by atoms with van der Waals surface area (Å²) in [6.07, 6.45) is -5.63. The molecular formula is C48H82N2O13. The number of hydrogen-bond acceptors (Lipinski definition) is 15. The lowest BCUT2D eigenvalue weighted by Gasteiger charge is -2.49. The van der Waals surface area contributed by atoms with Crippen LogP contribution in [0, 0.1) is 23.7 Å². The average Bonchev–Trinajstić information content (AvgIpc) is 3.23. The van der Waals surface area contributed by atoms with Gasteiger partial charge >= 0.3 is 5.97 Å². The maximum Gasteiger partial charge on any atom is 0.311 e. The lowest BCUT2D eigenvalue weighted by Crippen LogP contribution is -2.61. The molecule has 0 spiro atoms. The molecule has 15 nitrogen and oxygen atoms in total. The highest BCUT2D eigenvalue weighted by molar-refractivity contribution is 5.88.